The number of nitrogens with one attached hydrogen (secondary N) is 1. The van der Waals surface area contributed by atoms with Crippen molar-refractivity contribution in [2.45, 2.75) is 25.6 Å². The number of amides is 1. The maximum Gasteiger partial charge on any atom is 0.295 e. The molecule has 1 N–H and O–H groups in total. The Hall–Kier alpha value is -2.25. The number of carbonyl (C=O) groups is 1. The van der Waals surface area contributed by atoms with Crippen LogP contribution < -0.4 is 5.48 Å². The Bertz CT molecular complexity index is 653. The molecule has 0 bridgehead atoms. The molecule has 6 nitrogen and oxygen atoms in total. The van der Waals surface area contributed by atoms with Crippen LogP contribution in [0.5, 0.6) is 0 Å². The third-order valence-electron chi connectivity index (χ3n) is 3.34. The van der Waals surface area contributed by atoms with Crippen LogP contribution in [0.15, 0.2) is 36.5 Å². The molecule has 7 heteroatoms. The highest BCUT2D eigenvalue weighted by molar-refractivity contribution is 5.91. The number of carbonyl (C=O) groups excluding carboxylic acids is 1. The molecule has 1 atom stereocenters. The highest BCUT2D eigenvalue weighted by Gasteiger charge is 2.17. The SMILES string of the molecule is O=C(NOC1CCCCO1)c1ccn(-c2ccccc2F)n1. The molecule has 1 aliphatic rings. The number of halogens is 1. The van der Waals surface area contributed by atoms with E-state index in [0.717, 1.165) is 19.3 Å². The number of benzene rings is 1. The number of nitrogens with zero attached hydrogens (tertiary/aromatic N) is 2. The molecule has 0 spiro atoms. The molecule has 1 aromatic heterocycles. The lowest BCUT2D eigenvalue weighted by atomic mass is 10.2. The normalized spacial score (nSPS) is 18.1. The summed E-state index contributed by atoms with van der Waals surface area (Å²) in [7, 11) is 0. The van der Waals surface area contributed by atoms with E-state index in [-0.39, 0.29) is 11.4 Å². The van der Waals surface area contributed by atoms with E-state index in [1.165, 1.54) is 23.0 Å². The third-order valence-corrected chi connectivity index (χ3v) is 3.34. The summed E-state index contributed by atoms with van der Waals surface area (Å²) in [5.41, 5.74) is 2.73. The van der Waals surface area contributed by atoms with Gasteiger partial charge in [0.15, 0.2) is 12.0 Å². The summed E-state index contributed by atoms with van der Waals surface area (Å²) in [5.74, 6) is -0.909. The molecule has 2 heterocycles. The maximum atomic E-state index is 13.7. The first-order valence-corrected chi connectivity index (χ1v) is 7.12. The van der Waals surface area contributed by atoms with Crippen molar-refractivity contribution in [1.29, 1.82) is 0 Å². The van der Waals surface area contributed by atoms with Gasteiger partial charge in [0.1, 0.15) is 11.5 Å². The minimum absolute atomic E-state index is 0.138. The fourth-order valence-corrected chi connectivity index (χ4v) is 2.19. The molecule has 0 radical (unpaired) electrons. The first-order chi connectivity index (χ1) is 10.7. The summed E-state index contributed by atoms with van der Waals surface area (Å²) in [5, 5.41) is 4.05. The highest BCUT2D eigenvalue weighted by atomic mass is 19.1. The van der Waals surface area contributed by atoms with Crippen LogP contribution in [0.1, 0.15) is 29.8 Å². The van der Waals surface area contributed by atoms with Crippen LogP contribution in [0.4, 0.5) is 4.39 Å². The maximum absolute atomic E-state index is 13.7. The van der Waals surface area contributed by atoms with E-state index in [1.807, 2.05) is 0 Å². The summed E-state index contributed by atoms with van der Waals surface area (Å²) in [4.78, 5) is 17.1. The van der Waals surface area contributed by atoms with Crippen LogP contribution >= 0.6 is 0 Å². The summed E-state index contributed by atoms with van der Waals surface area (Å²) in [6, 6.07) is 7.70. The molecule has 1 fully saturated rings. The summed E-state index contributed by atoms with van der Waals surface area (Å²) in [6.45, 7) is 0.627. The van der Waals surface area contributed by atoms with Crippen molar-refractivity contribution in [1.82, 2.24) is 15.3 Å². The second-order valence-electron chi connectivity index (χ2n) is 4.94. The molecule has 1 amide bonds. The molecular weight excluding hydrogens is 289 g/mol. The molecule has 2 aromatic rings. The lowest BCUT2D eigenvalue weighted by molar-refractivity contribution is -0.186. The zero-order valence-corrected chi connectivity index (χ0v) is 11.9. The Balaban J connectivity index is 1.63. The van der Waals surface area contributed by atoms with Gasteiger partial charge in [-0.15, -0.1) is 0 Å². The predicted octanol–water partition coefficient (Wildman–Crippen LogP) is 2.20. The minimum atomic E-state index is -0.496. The fourth-order valence-electron chi connectivity index (χ4n) is 2.19. The number of rotatable bonds is 4. The Morgan fingerprint density at radius 3 is 3.00 bits per heavy atom. The standard InChI is InChI=1S/C15H16FN3O3/c16-11-5-1-2-6-13(11)19-9-8-12(17-19)15(20)18-22-14-7-3-4-10-21-14/h1-2,5-6,8-9,14H,3-4,7,10H2,(H,18,20). The van der Waals surface area contributed by atoms with Gasteiger partial charge in [-0.2, -0.15) is 5.10 Å². The summed E-state index contributed by atoms with van der Waals surface area (Å²) < 4.78 is 20.3. The van der Waals surface area contributed by atoms with Gasteiger partial charge in [0.05, 0.1) is 0 Å². The molecule has 1 aromatic carbocycles. The van der Waals surface area contributed by atoms with Crippen molar-refractivity contribution in [3.05, 3.63) is 48.0 Å². The van der Waals surface area contributed by atoms with Crippen molar-refractivity contribution < 1.29 is 18.8 Å². The van der Waals surface area contributed by atoms with Crippen LogP contribution in [-0.4, -0.2) is 28.6 Å². The van der Waals surface area contributed by atoms with Gasteiger partial charge in [0.2, 0.25) is 0 Å². The van der Waals surface area contributed by atoms with E-state index in [1.54, 1.807) is 18.2 Å². The first-order valence-electron chi connectivity index (χ1n) is 7.12. The average Bonchev–Trinajstić information content (AvgIpc) is 3.04. The van der Waals surface area contributed by atoms with Gasteiger partial charge in [0, 0.05) is 19.2 Å². The minimum Gasteiger partial charge on any atom is -0.350 e. The third kappa shape index (κ3) is 3.32. The van der Waals surface area contributed by atoms with Crippen molar-refractivity contribution in [3.63, 3.8) is 0 Å². The average molecular weight is 305 g/mol. The molecule has 0 saturated carbocycles. The van der Waals surface area contributed by atoms with Gasteiger partial charge in [-0.25, -0.2) is 19.4 Å². The number of hydrogen-bond donors (Lipinski definition) is 1. The number of aromatic nitrogens is 2. The lowest BCUT2D eigenvalue weighted by Crippen LogP contribution is -2.33. The number of para-hydroxylation sites is 1. The van der Waals surface area contributed by atoms with Gasteiger partial charge in [-0.1, -0.05) is 12.1 Å². The Morgan fingerprint density at radius 1 is 1.36 bits per heavy atom. The predicted molar refractivity (Wildman–Crippen MR) is 75.7 cm³/mol. The fraction of sp³-hybridized carbons (Fsp3) is 0.333. The second kappa shape index (κ2) is 6.67. The van der Waals surface area contributed by atoms with E-state index < -0.39 is 18.0 Å². The van der Waals surface area contributed by atoms with Crippen molar-refractivity contribution in [2.24, 2.45) is 0 Å². The molecule has 116 valence electrons. The molecule has 1 unspecified atom stereocenters. The summed E-state index contributed by atoms with van der Waals surface area (Å²) in [6.07, 6.45) is 3.84. The lowest BCUT2D eigenvalue weighted by Gasteiger charge is -2.21. The van der Waals surface area contributed by atoms with Crippen LogP contribution in [0, 0.1) is 5.82 Å². The first kappa shape index (κ1) is 14.7. The molecule has 1 aliphatic heterocycles. The highest BCUT2D eigenvalue weighted by Crippen LogP contribution is 2.14. The second-order valence-corrected chi connectivity index (χ2v) is 4.94. The van der Waals surface area contributed by atoms with Gasteiger partial charge >= 0.3 is 0 Å². The Kier molecular flexibility index (Phi) is 4.45. The van der Waals surface area contributed by atoms with Crippen LogP contribution in [0.25, 0.3) is 5.69 Å². The smallest absolute Gasteiger partial charge is 0.295 e. The van der Waals surface area contributed by atoms with Gasteiger partial charge < -0.3 is 4.74 Å². The Morgan fingerprint density at radius 2 is 2.23 bits per heavy atom. The summed E-state index contributed by atoms with van der Waals surface area (Å²) >= 11 is 0. The number of hydrogen-bond acceptors (Lipinski definition) is 4. The van der Waals surface area contributed by atoms with Crippen molar-refractivity contribution in [3.8, 4) is 5.69 Å². The Labute approximate surface area is 126 Å². The molecule has 1 saturated heterocycles. The quantitative estimate of drug-likeness (QED) is 0.880. The number of hydroxylamine groups is 1. The van der Waals surface area contributed by atoms with Gasteiger partial charge in [0.25, 0.3) is 5.91 Å². The van der Waals surface area contributed by atoms with Crippen LogP contribution in [0.3, 0.4) is 0 Å². The van der Waals surface area contributed by atoms with E-state index in [4.69, 9.17) is 9.57 Å². The van der Waals surface area contributed by atoms with E-state index >= 15 is 0 Å². The number of ether oxygens (including phenoxy) is 1. The molecule has 0 aliphatic carbocycles. The zero-order chi connectivity index (χ0) is 15.4. The van der Waals surface area contributed by atoms with Crippen LogP contribution in [0.2, 0.25) is 0 Å². The topological polar surface area (TPSA) is 65.4 Å². The van der Waals surface area contributed by atoms with Crippen molar-refractivity contribution >= 4 is 5.91 Å². The largest absolute Gasteiger partial charge is 0.350 e. The van der Waals surface area contributed by atoms with Crippen molar-refractivity contribution in [2.75, 3.05) is 6.61 Å². The molecule has 3 rings (SSSR count). The van der Waals surface area contributed by atoms with Gasteiger partial charge in [-0.3, -0.25) is 4.79 Å². The molecular formula is C15H16FN3O3. The zero-order valence-electron chi connectivity index (χ0n) is 11.9. The van der Waals surface area contributed by atoms with E-state index in [0.29, 0.717) is 6.61 Å². The van der Waals surface area contributed by atoms with E-state index in [9.17, 15) is 9.18 Å². The van der Waals surface area contributed by atoms with Crippen LogP contribution in [-0.2, 0) is 9.57 Å². The van der Waals surface area contributed by atoms with Gasteiger partial charge in [-0.05, 0) is 31.0 Å². The monoisotopic (exact) mass is 305 g/mol. The molecule has 22 heavy (non-hydrogen) atoms. The van der Waals surface area contributed by atoms with E-state index in [2.05, 4.69) is 10.6 Å².